The molecule has 0 aliphatic heterocycles. The third-order valence-electron chi connectivity index (χ3n) is 14.7. The van der Waals surface area contributed by atoms with Crippen molar-refractivity contribution in [3.05, 3.63) is 0 Å². The fraction of sp³-hybridized carbons (Fsp3) is 1.00. The number of nitrogens with zero attached hydrogens (tertiary/aromatic N) is 8. The molecule has 3 saturated carbocycles. The minimum Gasteiger partial charge on any atom is -0.294 e. The summed E-state index contributed by atoms with van der Waals surface area (Å²) >= 11 is 0. The largest absolute Gasteiger partial charge is 0.294 e. The van der Waals surface area contributed by atoms with Gasteiger partial charge in [0.05, 0.1) is 26.7 Å². The molecule has 8 nitrogen and oxygen atoms in total. The molecule has 0 aromatic heterocycles. The zero-order chi connectivity index (χ0) is 64.9. The van der Waals surface area contributed by atoms with Crippen LogP contribution in [0.15, 0.2) is 0 Å². The predicted octanol–water partition coefficient (Wildman–Crippen LogP) is 23.9. The first-order chi connectivity index (χ1) is 39.6. The molecule has 0 radical (unpaired) electrons. The summed E-state index contributed by atoms with van der Waals surface area (Å²) in [7, 11) is 4.39. The molecule has 0 aromatic rings. The molecule has 3 fully saturated rings. The van der Waals surface area contributed by atoms with Gasteiger partial charge in [-0.15, -0.1) is 0 Å². The molecule has 0 spiro atoms. The van der Waals surface area contributed by atoms with Crippen LogP contribution in [-0.2, 0) is 0 Å². The van der Waals surface area contributed by atoms with Crippen LogP contribution in [0.3, 0.4) is 0 Å². The fourth-order valence-electron chi connectivity index (χ4n) is 9.65. The fourth-order valence-corrected chi connectivity index (χ4v) is 9.65. The molecular weight excluding hydrogens is 1020 g/mol. The van der Waals surface area contributed by atoms with Crippen LogP contribution in [0, 0.1) is 17.8 Å². The van der Waals surface area contributed by atoms with Gasteiger partial charge in [-0.2, -0.15) is 0 Å². The Morgan fingerprint density at radius 2 is 0.417 bits per heavy atom. The van der Waals surface area contributed by atoms with E-state index in [2.05, 4.69) is 129 Å². The first kappa shape index (κ1) is 115. The third-order valence-corrected chi connectivity index (χ3v) is 14.7. The van der Waals surface area contributed by atoms with Gasteiger partial charge in [0.15, 0.2) is 0 Å². The first-order valence-electron chi connectivity index (χ1n) is 37.3. The van der Waals surface area contributed by atoms with Crippen molar-refractivity contribution in [3.8, 4) is 0 Å². The molecule has 0 bridgehead atoms. The second-order valence-electron chi connectivity index (χ2n) is 20.1. The molecule has 0 N–H and O–H groups in total. The molecule has 0 saturated heterocycles. The van der Waals surface area contributed by atoms with Gasteiger partial charge >= 0.3 is 0 Å². The van der Waals surface area contributed by atoms with Crippen molar-refractivity contribution in [3.63, 3.8) is 0 Å². The molecule has 3 aliphatic carbocycles. The highest BCUT2D eigenvalue weighted by Crippen LogP contribution is 2.27. The highest BCUT2D eigenvalue weighted by atomic mass is 15.3. The lowest BCUT2D eigenvalue weighted by atomic mass is 9.88. The third kappa shape index (κ3) is 83.7. The Hall–Kier alpha value is -0.320. The summed E-state index contributed by atoms with van der Waals surface area (Å²) in [6.07, 6.45) is 30.0. The van der Waals surface area contributed by atoms with Crippen LogP contribution in [0.2, 0.25) is 0 Å². The minimum atomic E-state index is 0. The summed E-state index contributed by atoms with van der Waals surface area (Å²) in [5.41, 5.74) is 0. The van der Waals surface area contributed by atoms with E-state index in [0.717, 1.165) is 50.8 Å². The Balaban J connectivity index is -0.0000000666. The Kier molecular flexibility index (Phi) is 146. The maximum absolute atomic E-state index is 2.71. The molecule has 0 unspecified atom stereocenters. The van der Waals surface area contributed by atoms with Crippen molar-refractivity contribution in [2.24, 2.45) is 17.8 Å². The van der Waals surface area contributed by atoms with Gasteiger partial charge in [0.25, 0.3) is 0 Å². The van der Waals surface area contributed by atoms with E-state index in [1.807, 2.05) is 125 Å². The zero-order valence-corrected chi connectivity index (χ0v) is 63.9. The normalized spacial score (nSPS) is 13.3. The summed E-state index contributed by atoms with van der Waals surface area (Å²) in [4.78, 5) is 20.4. The van der Waals surface area contributed by atoms with Crippen molar-refractivity contribution in [2.45, 2.75) is 358 Å². The Bertz CT molecular complexity index is 869. The highest BCUT2D eigenvalue weighted by Gasteiger charge is 2.21. The second-order valence-corrected chi connectivity index (χ2v) is 20.1. The standard InChI is InChI=1S/C19H38N2.C13H28N2.C13H30N2.C10H24N2.9C2H6.3CH4/c1-3-20(15-18-11-7-5-8-12-18)17-21(4-2)16-19-13-9-6-10-14-19;1-4-14(3)12-15(5-2)11-13-9-7-6-8-10-13;1-5-9-11-14(7-3)13-15(8-4)12-10-6-2;1-5-8-9-12(7-3)10-11(4)6-2;9*1-2;;;/h18-19H,3-17H2,1-2H3;13H,4-12H2,1-3H3;5-13H2,1-4H3;5-10H2,1-4H3;9*1-2H3;3*1H4. The molecule has 3 rings (SSSR count). The quantitative estimate of drug-likeness (QED) is 0.0634. The van der Waals surface area contributed by atoms with E-state index in [1.54, 1.807) is 0 Å². The van der Waals surface area contributed by atoms with Crippen molar-refractivity contribution >= 4 is 0 Å². The topological polar surface area (TPSA) is 25.9 Å². The maximum Gasteiger partial charge on any atom is 0.0506 e. The smallest absolute Gasteiger partial charge is 0.0506 e. The lowest BCUT2D eigenvalue weighted by Crippen LogP contribution is -2.42. The molecule has 84 heavy (non-hydrogen) atoms. The van der Waals surface area contributed by atoms with Gasteiger partial charge in [-0.25, -0.2) is 0 Å². The van der Waals surface area contributed by atoms with Crippen LogP contribution >= 0.6 is 0 Å². The lowest BCUT2D eigenvalue weighted by molar-refractivity contribution is 0.0961. The van der Waals surface area contributed by atoms with Crippen LogP contribution in [0.25, 0.3) is 0 Å². The van der Waals surface area contributed by atoms with Crippen LogP contribution in [-0.4, -0.2) is 172 Å². The van der Waals surface area contributed by atoms with E-state index in [-0.39, 0.29) is 22.3 Å². The van der Waals surface area contributed by atoms with Crippen LogP contribution < -0.4 is 0 Å². The zero-order valence-electron chi connectivity index (χ0n) is 63.9. The molecule has 0 atom stereocenters. The first-order valence-corrected chi connectivity index (χ1v) is 37.3. The highest BCUT2D eigenvalue weighted by molar-refractivity contribution is 4.74. The van der Waals surface area contributed by atoms with E-state index < -0.39 is 0 Å². The Labute approximate surface area is 544 Å². The minimum absolute atomic E-state index is 0. The monoisotopic (exact) mass is 1210 g/mol. The lowest BCUT2D eigenvalue weighted by Gasteiger charge is -2.35. The maximum atomic E-state index is 2.71. The average Bonchev–Trinajstić information content (AvgIpc) is 3.56. The van der Waals surface area contributed by atoms with Gasteiger partial charge in [-0.05, 0) is 162 Å². The molecular formula is C76H186N8. The Morgan fingerprint density at radius 3 is 0.607 bits per heavy atom. The Morgan fingerprint density at radius 1 is 0.238 bits per heavy atom. The van der Waals surface area contributed by atoms with Crippen molar-refractivity contribution < 1.29 is 0 Å². The van der Waals surface area contributed by atoms with Gasteiger partial charge in [0, 0.05) is 19.6 Å². The summed E-state index contributed by atoms with van der Waals surface area (Å²) in [5.74, 6) is 2.93. The number of rotatable bonds is 31. The number of hydrogen-bond acceptors (Lipinski definition) is 8. The van der Waals surface area contributed by atoms with Gasteiger partial charge < -0.3 is 0 Å². The van der Waals surface area contributed by atoms with Gasteiger partial charge in [0.1, 0.15) is 0 Å². The predicted molar refractivity (Wildman–Crippen MR) is 406 cm³/mol. The van der Waals surface area contributed by atoms with E-state index in [9.17, 15) is 0 Å². The van der Waals surface area contributed by atoms with E-state index in [0.29, 0.717) is 0 Å². The summed E-state index contributed by atoms with van der Waals surface area (Å²) in [5, 5.41) is 0. The van der Waals surface area contributed by atoms with Gasteiger partial charge in [0.2, 0.25) is 0 Å². The molecule has 8 heteroatoms. The second kappa shape index (κ2) is 107. The summed E-state index contributed by atoms with van der Waals surface area (Å²) < 4.78 is 0. The average molecular weight is 1210 g/mol. The van der Waals surface area contributed by atoms with Gasteiger partial charge in [-0.3, -0.25) is 39.2 Å². The van der Waals surface area contributed by atoms with Gasteiger partial charge in [-0.1, -0.05) is 300 Å². The SMILES string of the molecule is C.C.C.CC.CC.CC.CC.CC.CC.CC.CC.CC.CCCCN(CC)CN(C)CC.CCCCN(CC)CN(CC)CCCC.CCN(C)CN(CC)CC1CCCCC1.CCN(CC1CCCCC1)CN(CC)CC1CCCCC1. The van der Waals surface area contributed by atoms with Crippen molar-refractivity contribution in [1.29, 1.82) is 0 Å². The number of hydrogen-bond donors (Lipinski definition) is 0. The van der Waals surface area contributed by atoms with E-state index in [1.165, 1.54) is 220 Å². The van der Waals surface area contributed by atoms with Crippen LogP contribution in [0.1, 0.15) is 358 Å². The summed E-state index contributed by atoms with van der Waals surface area (Å²) in [6.45, 7) is 82.8. The molecule has 530 valence electrons. The van der Waals surface area contributed by atoms with E-state index >= 15 is 0 Å². The van der Waals surface area contributed by atoms with Crippen molar-refractivity contribution in [2.75, 3.05) is 132 Å². The van der Waals surface area contributed by atoms with Crippen LogP contribution in [0.5, 0.6) is 0 Å². The molecule has 0 heterocycles. The molecule has 0 aromatic carbocycles. The van der Waals surface area contributed by atoms with Crippen LogP contribution in [0.4, 0.5) is 0 Å². The molecule has 3 aliphatic rings. The summed E-state index contributed by atoms with van der Waals surface area (Å²) in [6, 6.07) is 0. The molecule has 0 amide bonds. The number of unbranched alkanes of at least 4 members (excludes halogenated alkanes) is 3. The van der Waals surface area contributed by atoms with Crippen molar-refractivity contribution in [1.82, 2.24) is 39.2 Å². The van der Waals surface area contributed by atoms with E-state index in [4.69, 9.17) is 0 Å².